The average molecular weight is 263 g/mol. The lowest BCUT2D eigenvalue weighted by Gasteiger charge is -2.16. The molecule has 1 aromatic rings. The van der Waals surface area contributed by atoms with E-state index in [0.717, 1.165) is 41.9 Å². The van der Waals surface area contributed by atoms with Crippen molar-refractivity contribution in [2.24, 2.45) is 5.73 Å². The van der Waals surface area contributed by atoms with E-state index in [1.165, 1.54) is 0 Å². The highest BCUT2D eigenvalue weighted by atomic mass is 16.5. The minimum Gasteiger partial charge on any atom is -0.497 e. The summed E-state index contributed by atoms with van der Waals surface area (Å²) in [7, 11) is 1.65. The third-order valence-electron chi connectivity index (χ3n) is 3.21. The Balaban J connectivity index is 2.85. The highest BCUT2D eigenvalue weighted by Gasteiger charge is 2.10. The molecular weight excluding hydrogens is 238 g/mol. The second kappa shape index (κ2) is 7.85. The predicted octanol–water partition coefficient (Wildman–Crippen LogP) is 3.32. The maximum atomic E-state index is 6.02. The zero-order chi connectivity index (χ0) is 14.3. The highest BCUT2D eigenvalue weighted by Crippen LogP contribution is 2.26. The molecule has 0 radical (unpaired) electrons. The van der Waals surface area contributed by atoms with Crippen LogP contribution in [-0.4, -0.2) is 19.8 Å². The van der Waals surface area contributed by atoms with Gasteiger partial charge in [0, 0.05) is 12.1 Å². The van der Waals surface area contributed by atoms with E-state index in [2.05, 4.69) is 20.4 Å². The number of rotatable bonds is 8. The molecule has 1 rings (SSSR count). The molecule has 0 aliphatic rings. The van der Waals surface area contributed by atoms with Gasteiger partial charge in [-0.3, -0.25) is 0 Å². The zero-order valence-corrected chi connectivity index (χ0v) is 12.2. The van der Waals surface area contributed by atoms with E-state index in [1.807, 2.05) is 18.2 Å². The zero-order valence-electron chi connectivity index (χ0n) is 12.2. The van der Waals surface area contributed by atoms with Crippen molar-refractivity contribution in [2.45, 2.75) is 39.2 Å². The first-order chi connectivity index (χ1) is 9.10. The second-order valence-corrected chi connectivity index (χ2v) is 4.74. The Bertz CT molecular complexity index is 415. The first-order valence-electron chi connectivity index (χ1n) is 6.82. The van der Waals surface area contributed by atoms with Crippen molar-refractivity contribution in [3.8, 4) is 11.5 Å². The van der Waals surface area contributed by atoms with Gasteiger partial charge in [0.05, 0.1) is 7.11 Å². The molecule has 0 saturated carbocycles. The van der Waals surface area contributed by atoms with Gasteiger partial charge in [-0.2, -0.15) is 0 Å². The molecule has 0 aliphatic heterocycles. The normalized spacial score (nSPS) is 12.0. The molecule has 0 aliphatic carbocycles. The van der Waals surface area contributed by atoms with Gasteiger partial charge in [-0.05, 0) is 36.5 Å². The van der Waals surface area contributed by atoms with E-state index >= 15 is 0 Å². The molecule has 106 valence electrons. The Morgan fingerprint density at radius 2 is 2.11 bits per heavy atom. The van der Waals surface area contributed by atoms with Crippen molar-refractivity contribution < 1.29 is 9.47 Å². The van der Waals surface area contributed by atoms with E-state index in [9.17, 15) is 0 Å². The van der Waals surface area contributed by atoms with Crippen molar-refractivity contribution in [1.82, 2.24) is 0 Å². The Morgan fingerprint density at radius 1 is 1.37 bits per heavy atom. The van der Waals surface area contributed by atoms with Crippen LogP contribution >= 0.6 is 0 Å². The summed E-state index contributed by atoms with van der Waals surface area (Å²) in [4.78, 5) is 0. The lowest BCUT2D eigenvalue weighted by Crippen LogP contribution is -2.21. The molecule has 3 nitrogen and oxygen atoms in total. The number of methoxy groups -OCH3 is 1. The summed E-state index contributed by atoms with van der Waals surface area (Å²) < 4.78 is 11.1. The molecule has 0 aromatic heterocycles. The summed E-state index contributed by atoms with van der Waals surface area (Å²) in [6, 6.07) is 6.04. The van der Waals surface area contributed by atoms with E-state index in [4.69, 9.17) is 15.2 Å². The van der Waals surface area contributed by atoms with Gasteiger partial charge in [-0.25, -0.2) is 0 Å². The summed E-state index contributed by atoms with van der Waals surface area (Å²) in [6.45, 7) is 8.66. The van der Waals surface area contributed by atoms with Gasteiger partial charge in [0.15, 0.2) is 0 Å². The summed E-state index contributed by atoms with van der Waals surface area (Å²) in [5.41, 5.74) is 8.22. The summed E-state index contributed by atoms with van der Waals surface area (Å²) >= 11 is 0. The third kappa shape index (κ3) is 4.95. The number of hydrogen-bond donors (Lipinski definition) is 1. The molecule has 19 heavy (non-hydrogen) atoms. The van der Waals surface area contributed by atoms with E-state index in [-0.39, 0.29) is 6.04 Å². The van der Waals surface area contributed by atoms with Crippen LogP contribution in [0.15, 0.2) is 30.4 Å². The molecule has 0 amide bonds. The average Bonchev–Trinajstić information content (AvgIpc) is 2.45. The lowest BCUT2D eigenvalue weighted by atomic mass is 10.0. The molecule has 0 bridgehead atoms. The fraction of sp³-hybridized carbons (Fsp3) is 0.500. The van der Waals surface area contributed by atoms with E-state index in [1.54, 1.807) is 7.11 Å². The fourth-order valence-corrected chi connectivity index (χ4v) is 1.67. The first-order valence-corrected chi connectivity index (χ1v) is 6.82. The van der Waals surface area contributed by atoms with Crippen LogP contribution in [0.25, 0.3) is 0 Å². The monoisotopic (exact) mass is 263 g/mol. The van der Waals surface area contributed by atoms with Gasteiger partial charge in [-0.15, -0.1) is 0 Å². The van der Waals surface area contributed by atoms with Gasteiger partial charge >= 0.3 is 0 Å². The highest BCUT2D eigenvalue weighted by molar-refractivity contribution is 5.41. The predicted molar refractivity (Wildman–Crippen MR) is 79.9 cm³/mol. The molecule has 3 heteroatoms. The van der Waals surface area contributed by atoms with Crippen molar-refractivity contribution in [1.29, 1.82) is 0 Å². The van der Waals surface area contributed by atoms with Crippen molar-refractivity contribution in [3.63, 3.8) is 0 Å². The molecule has 1 unspecified atom stereocenters. The molecule has 0 spiro atoms. The number of benzene rings is 1. The number of ether oxygens (including phenoxy) is 2. The third-order valence-corrected chi connectivity index (χ3v) is 3.21. The SMILES string of the molecule is C=C(CC)COc1cc(OC)ccc1CC(N)CC. The standard InChI is InChI=1S/C16H25NO2/c1-5-12(3)11-19-16-10-15(18-4)8-7-13(16)9-14(17)6-2/h7-8,10,14H,3,5-6,9,11,17H2,1-2,4H3. The fourth-order valence-electron chi connectivity index (χ4n) is 1.67. The quantitative estimate of drug-likeness (QED) is 0.732. The van der Waals surface area contributed by atoms with E-state index in [0.29, 0.717) is 6.61 Å². The second-order valence-electron chi connectivity index (χ2n) is 4.74. The Kier molecular flexibility index (Phi) is 6.43. The summed E-state index contributed by atoms with van der Waals surface area (Å²) in [6.07, 6.45) is 2.69. The van der Waals surface area contributed by atoms with Gasteiger partial charge < -0.3 is 15.2 Å². The smallest absolute Gasteiger partial charge is 0.126 e. The lowest BCUT2D eigenvalue weighted by molar-refractivity contribution is 0.339. The molecule has 1 atom stereocenters. The molecular formula is C16H25NO2. The summed E-state index contributed by atoms with van der Waals surface area (Å²) in [5.74, 6) is 1.64. The van der Waals surface area contributed by atoms with Crippen LogP contribution in [0.4, 0.5) is 0 Å². The van der Waals surface area contributed by atoms with Crippen LogP contribution in [0.2, 0.25) is 0 Å². The van der Waals surface area contributed by atoms with Crippen LogP contribution in [0.1, 0.15) is 32.3 Å². The van der Waals surface area contributed by atoms with Crippen molar-refractivity contribution >= 4 is 0 Å². The van der Waals surface area contributed by atoms with E-state index < -0.39 is 0 Å². The van der Waals surface area contributed by atoms with Crippen LogP contribution in [0.3, 0.4) is 0 Å². The maximum Gasteiger partial charge on any atom is 0.126 e. The van der Waals surface area contributed by atoms with Gasteiger partial charge in [0.1, 0.15) is 18.1 Å². The molecule has 0 fully saturated rings. The molecule has 0 heterocycles. The Labute approximate surface area is 116 Å². The topological polar surface area (TPSA) is 44.5 Å². The van der Waals surface area contributed by atoms with Crippen LogP contribution in [0.5, 0.6) is 11.5 Å². The minimum absolute atomic E-state index is 0.158. The van der Waals surface area contributed by atoms with Crippen molar-refractivity contribution in [3.05, 3.63) is 35.9 Å². The van der Waals surface area contributed by atoms with Gasteiger partial charge in [-0.1, -0.05) is 26.5 Å². The molecule has 1 aromatic carbocycles. The number of nitrogens with two attached hydrogens (primary N) is 1. The van der Waals surface area contributed by atoms with Crippen LogP contribution in [0, 0.1) is 0 Å². The Hall–Kier alpha value is -1.48. The van der Waals surface area contributed by atoms with Gasteiger partial charge in [0.2, 0.25) is 0 Å². The van der Waals surface area contributed by atoms with Crippen LogP contribution in [-0.2, 0) is 6.42 Å². The van der Waals surface area contributed by atoms with Crippen molar-refractivity contribution in [2.75, 3.05) is 13.7 Å². The molecule has 2 N–H and O–H groups in total. The largest absolute Gasteiger partial charge is 0.497 e. The first kappa shape index (κ1) is 15.6. The van der Waals surface area contributed by atoms with Gasteiger partial charge in [0.25, 0.3) is 0 Å². The maximum absolute atomic E-state index is 6.02. The van der Waals surface area contributed by atoms with Crippen LogP contribution < -0.4 is 15.2 Å². The number of hydrogen-bond acceptors (Lipinski definition) is 3. The minimum atomic E-state index is 0.158. The summed E-state index contributed by atoms with van der Waals surface area (Å²) in [5, 5.41) is 0. The Morgan fingerprint density at radius 3 is 2.68 bits per heavy atom. The molecule has 0 saturated heterocycles.